The van der Waals surface area contributed by atoms with Crippen LogP contribution in [0.1, 0.15) is 27.7 Å². The van der Waals surface area contributed by atoms with Gasteiger partial charge >= 0.3 is 18.1 Å². The quantitative estimate of drug-likeness (QED) is 0.708. The molecule has 2 aliphatic rings. The molecule has 2 fully saturated rings. The molecule has 2 N–H and O–H groups in total. The minimum absolute atomic E-state index is 0.0351. The first-order chi connectivity index (χ1) is 12.2. The van der Waals surface area contributed by atoms with Crippen LogP contribution in [-0.4, -0.2) is 66.3 Å². The maximum absolute atomic E-state index is 13.0. The summed E-state index contributed by atoms with van der Waals surface area (Å²) in [4.78, 5) is 37.3. The van der Waals surface area contributed by atoms with Gasteiger partial charge in [-0.3, -0.25) is 9.59 Å². The maximum Gasteiger partial charge on any atom is 0.471 e. The van der Waals surface area contributed by atoms with E-state index in [1.165, 1.54) is 21.0 Å². The van der Waals surface area contributed by atoms with Crippen molar-refractivity contribution in [3.63, 3.8) is 0 Å². The van der Waals surface area contributed by atoms with Crippen molar-refractivity contribution >= 4 is 17.8 Å². The van der Waals surface area contributed by atoms with Gasteiger partial charge in [0.1, 0.15) is 12.1 Å². The summed E-state index contributed by atoms with van der Waals surface area (Å²) in [5.41, 5.74) is -1.43. The third-order valence-corrected chi connectivity index (χ3v) is 5.82. The second kappa shape index (κ2) is 6.65. The molecule has 27 heavy (non-hydrogen) atoms. The molecular formula is C17H25F3N2O5. The molecule has 7 nitrogen and oxygen atoms in total. The van der Waals surface area contributed by atoms with E-state index in [-0.39, 0.29) is 30.4 Å². The van der Waals surface area contributed by atoms with Crippen LogP contribution in [0.3, 0.4) is 0 Å². The predicted molar refractivity (Wildman–Crippen MR) is 87.5 cm³/mol. The van der Waals surface area contributed by atoms with Crippen LogP contribution in [-0.2, 0) is 19.1 Å². The highest BCUT2D eigenvalue weighted by Crippen LogP contribution is 2.65. The Morgan fingerprint density at radius 3 is 2.30 bits per heavy atom. The number of carboxylic acid groups (broad SMARTS) is 1. The Morgan fingerprint density at radius 1 is 1.30 bits per heavy atom. The number of ether oxygens (including phenoxy) is 1. The first kappa shape index (κ1) is 21.5. The van der Waals surface area contributed by atoms with E-state index in [0.717, 1.165) is 4.90 Å². The van der Waals surface area contributed by atoms with Gasteiger partial charge in [0.25, 0.3) is 0 Å². The zero-order valence-corrected chi connectivity index (χ0v) is 15.9. The zero-order chi connectivity index (χ0) is 20.9. The zero-order valence-electron chi connectivity index (χ0n) is 15.9. The van der Waals surface area contributed by atoms with Crippen LogP contribution < -0.4 is 5.32 Å². The normalized spacial score (nSPS) is 27.7. The van der Waals surface area contributed by atoms with Crippen molar-refractivity contribution in [1.29, 1.82) is 0 Å². The first-order valence-electron chi connectivity index (χ1n) is 8.56. The topological polar surface area (TPSA) is 95.9 Å². The number of amides is 2. The lowest BCUT2D eigenvalue weighted by atomic mass is 9.83. The summed E-state index contributed by atoms with van der Waals surface area (Å²) in [7, 11) is 1.32. The van der Waals surface area contributed by atoms with Gasteiger partial charge in [0.15, 0.2) is 0 Å². The number of alkyl halides is 3. The number of carbonyl (C=O) groups is 3. The highest BCUT2D eigenvalue weighted by Gasteiger charge is 2.70. The highest BCUT2D eigenvalue weighted by atomic mass is 19.4. The second-order valence-electron chi connectivity index (χ2n) is 8.55. The maximum atomic E-state index is 13.0. The Kier molecular flexibility index (Phi) is 5.28. The summed E-state index contributed by atoms with van der Waals surface area (Å²) in [6, 6.07) is -2.70. The van der Waals surface area contributed by atoms with E-state index in [1.54, 1.807) is 5.32 Å². The summed E-state index contributed by atoms with van der Waals surface area (Å²) in [5.74, 6) is -4.59. The van der Waals surface area contributed by atoms with Gasteiger partial charge in [-0.05, 0) is 11.3 Å². The molecule has 0 aromatic carbocycles. The number of aliphatic carboxylic acids is 1. The van der Waals surface area contributed by atoms with Crippen molar-refractivity contribution in [3.05, 3.63) is 0 Å². The largest absolute Gasteiger partial charge is 0.480 e. The molecule has 0 bridgehead atoms. The van der Waals surface area contributed by atoms with Gasteiger partial charge < -0.3 is 20.1 Å². The van der Waals surface area contributed by atoms with E-state index in [1.807, 2.05) is 13.8 Å². The fourth-order valence-corrected chi connectivity index (χ4v) is 4.22. The number of hydrogen-bond donors (Lipinski definition) is 2. The van der Waals surface area contributed by atoms with Crippen LogP contribution in [0, 0.1) is 22.7 Å². The molecule has 154 valence electrons. The minimum atomic E-state index is -5.16. The Balaban J connectivity index is 2.31. The molecule has 0 radical (unpaired) electrons. The summed E-state index contributed by atoms with van der Waals surface area (Å²) in [6.45, 7) is 6.79. The monoisotopic (exact) mass is 394 g/mol. The van der Waals surface area contributed by atoms with Crippen LogP contribution in [0.4, 0.5) is 13.2 Å². The summed E-state index contributed by atoms with van der Waals surface area (Å²) < 4.78 is 43.2. The third-order valence-electron chi connectivity index (χ3n) is 5.82. The molecule has 10 heteroatoms. The SMILES string of the molecule is COCC(C)(C)C(NC(=O)C(F)(F)F)C(=O)N1C[C@H]2[C@@H]([C@H]1C(=O)O)C2(C)C. The Bertz CT molecular complexity index is 647. The first-order valence-corrected chi connectivity index (χ1v) is 8.56. The minimum Gasteiger partial charge on any atom is -0.480 e. The van der Waals surface area contributed by atoms with Crippen molar-refractivity contribution in [2.45, 2.75) is 46.0 Å². The number of nitrogens with zero attached hydrogens (tertiary/aromatic N) is 1. The average molecular weight is 394 g/mol. The van der Waals surface area contributed by atoms with Crippen molar-refractivity contribution in [2.75, 3.05) is 20.3 Å². The lowest BCUT2D eigenvalue weighted by molar-refractivity contribution is -0.177. The lowest BCUT2D eigenvalue weighted by Crippen LogP contribution is -2.61. The number of carboxylic acids is 1. The molecule has 1 aliphatic heterocycles. The van der Waals surface area contributed by atoms with Gasteiger partial charge in [0.05, 0.1) is 6.61 Å². The molecule has 2 amide bonds. The number of likely N-dealkylation sites (tertiary alicyclic amines) is 1. The van der Waals surface area contributed by atoms with Gasteiger partial charge in [0, 0.05) is 25.0 Å². The molecule has 1 saturated carbocycles. The summed E-state index contributed by atoms with van der Waals surface area (Å²) in [5, 5.41) is 11.3. The number of piperidine rings is 1. The fourth-order valence-electron chi connectivity index (χ4n) is 4.22. The third kappa shape index (κ3) is 3.76. The molecule has 2 rings (SSSR count). The van der Waals surface area contributed by atoms with E-state index >= 15 is 0 Å². The van der Waals surface area contributed by atoms with Gasteiger partial charge in [0.2, 0.25) is 5.91 Å². The van der Waals surface area contributed by atoms with E-state index in [4.69, 9.17) is 4.74 Å². The van der Waals surface area contributed by atoms with E-state index in [0.29, 0.717) is 0 Å². The highest BCUT2D eigenvalue weighted by molar-refractivity contribution is 5.93. The van der Waals surface area contributed by atoms with Gasteiger partial charge in [-0.2, -0.15) is 13.2 Å². The van der Waals surface area contributed by atoms with Crippen LogP contribution in [0.25, 0.3) is 0 Å². The Labute approximate surface area is 155 Å². The standard InChI is InChI=1S/C17H25F3N2O5/c1-15(2,7-27-5)11(21-14(26)17(18,19)20)12(23)22-6-8-9(16(8,3)4)10(22)13(24)25/h8-11H,6-7H2,1-5H3,(H,21,26)(H,24,25)/t8-,9-,10-,11?/m0/s1. The molecule has 0 aromatic rings. The van der Waals surface area contributed by atoms with Crippen LogP contribution in [0.5, 0.6) is 0 Å². The Morgan fingerprint density at radius 2 is 1.85 bits per heavy atom. The number of halogens is 3. The number of fused-ring (bicyclic) bond motifs is 1. The Hall–Kier alpha value is -1.84. The summed E-state index contributed by atoms with van der Waals surface area (Å²) >= 11 is 0. The fraction of sp³-hybridized carbons (Fsp3) is 0.824. The molecular weight excluding hydrogens is 369 g/mol. The smallest absolute Gasteiger partial charge is 0.471 e. The van der Waals surface area contributed by atoms with E-state index < -0.39 is 41.5 Å². The van der Waals surface area contributed by atoms with Gasteiger partial charge in [-0.15, -0.1) is 0 Å². The number of carbonyl (C=O) groups excluding carboxylic acids is 2. The van der Waals surface area contributed by atoms with Crippen molar-refractivity contribution in [1.82, 2.24) is 10.2 Å². The molecule has 1 heterocycles. The molecule has 1 aliphatic carbocycles. The van der Waals surface area contributed by atoms with Crippen LogP contribution in [0.2, 0.25) is 0 Å². The average Bonchev–Trinajstić information content (AvgIpc) is 2.87. The molecule has 0 spiro atoms. The van der Waals surface area contributed by atoms with Crippen LogP contribution in [0.15, 0.2) is 0 Å². The van der Waals surface area contributed by atoms with Gasteiger partial charge in [-0.1, -0.05) is 27.7 Å². The second-order valence-corrected chi connectivity index (χ2v) is 8.55. The predicted octanol–water partition coefficient (Wildman–Crippen LogP) is 1.27. The molecule has 1 unspecified atom stereocenters. The molecule has 4 atom stereocenters. The van der Waals surface area contributed by atoms with Crippen molar-refractivity contribution in [3.8, 4) is 0 Å². The molecule has 1 saturated heterocycles. The number of nitrogens with one attached hydrogen (secondary N) is 1. The van der Waals surface area contributed by atoms with Crippen molar-refractivity contribution in [2.24, 2.45) is 22.7 Å². The summed E-state index contributed by atoms with van der Waals surface area (Å²) in [6.07, 6.45) is -5.16. The van der Waals surface area contributed by atoms with Gasteiger partial charge in [-0.25, -0.2) is 4.79 Å². The lowest BCUT2D eigenvalue weighted by Gasteiger charge is -2.38. The van der Waals surface area contributed by atoms with Crippen molar-refractivity contribution < 1.29 is 37.4 Å². The molecule has 0 aromatic heterocycles. The number of hydrogen-bond acceptors (Lipinski definition) is 4. The number of rotatable bonds is 6. The number of methoxy groups -OCH3 is 1. The van der Waals surface area contributed by atoms with E-state index in [2.05, 4.69) is 0 Å². The van der Waals surface area contributed by atoms with Crippen LogP contribution >= 0.6 is 0 Å². The van der Waals surface area contributed by atoms with E-state index in [9.17, 15) is 32.7 Å².